The quantitative estimate of drug-likeness (QED) is 0.484. The maximum Gasteiger partial charge on any atom is 0.490 e. The molecule has 1 atom stereocenters. The molecule has 2 aromatic rings. The molecule has 1 aromatic carbocycles. The minimum atomic E-state index is -0.691. The van der Waals surface area contributed by atoms with Crippen LogP contribution in [0.25, 0.3) is 0 Å². The summed E-state index contributed by atoms with van der Waals surface area (Å²) >= 11 is 0. The molecule has 7 nitrogen and oxygen atoms in total. The summed E-state index contributed by atoms with van der Waals surface area (Å²) in [7, 11) is 0. The second-order valence-electron chi connectivity index (χ2n) is 4.62. The molecule has 104 valence electrons. The monoisotopic (exact) mass is 274 g/mol. The van der Waals surface area contributed by atoms with Crippen molar-refractivity contribution >= 4 is 11.7 Å². The minimum Gasteiger partial charge on any atom is -0.390 e. The number of hydrogen-bond acceptors (Lipinski definition) is 5. The van der Waals surface area contributed by atoms with Gasteiger partial charge in [0.05, 0.1) is 0 Å². The molecular weight excluding hydrogens is 260 g/mol. The van der Waals surface area contributed by atoms with Crippen LogP contribution in [0.3, 0.4) is 0 Å². The van der Waals surface area contributed by atoms with Crippen molar-refractivity contribution in [3.63, 3.8) is 0 Å². The Kier molecular flexibility index (Phi) is 3.60. The number of ketones is 1. The van der Waals surface area contributed by atoms with Crippen LogP contribution >= 0.6 is 0 Å². The average molecular weight is 274 g/mol. The van der Waals surface area contributed by atoms with Gasteiger partial charge in [-0.25, -0.2) is 0 Å². The number of nitro groups is 1. The Bertz CT molecular complexity index is 678. The first-order valence-corrected chi connectivity index (χ1v) is 6.07. The fraction of sp³-hybridized carbons (Fsp3) is 0.308. The number of aryl methyl sites for hydroxylation is 2. The van der Waals surface area contributed by atoms with Gasteiger partial charge in [0.25, 0.3) is 0 Å². The molecule has 0 aliphatic heterocycles. The van der Waals surface area contributed by atoms with Crippen molar-refractivity contribution in [2.75, 3.05) is 0 Å². The zero-order valence-corrected chi connectivity index (χ0v) is 11.4. The molecule has 0 N–H and O–H groups in total. The summed E-state index contributed by atoms with van der Waals surface area (Å²) < 4.78 is 1.20. The Morgan fingerprint density at radius 1 is 1.35 bits per heavy atom. The number of aromatic nitrogens is 3. The number of rotatable bonds is 4. The molecule has 0 aliphatic rings. The molecule has 0 radical (unpaired) electrons. The summed E-state index contributed by atoms with van der Waals surface area (Å²) in [4.78, 5) is 25.7. The lowest BCUT2D eigenvalue weighted by atomic mass is 10.0. The molecule has 1 heterocycles. The predicted molar refractivity (Wildman–Crippen MR) is 71.6 cm³/mol. The van der Waals surface area contributed by atoms with Gasteiger partial charge >= 0.3 is 5.95 Å². The second kappa shape index (κ2) is 5.20. The maximum atomic E-state index is 12.3. The number of carbonyl (C=O) groups is 1. The second-order valence-corrected chi connectivity index (χ2v) is 4.62. The van der Waals surface area contributed by atoms with Gasteiger partial charge in [0.1, 0.15) is 6.04 Å². The average Bonchev–Trinajstić information content (AvgIpc) is 2.90. The normalized spacial score (nSPS) is 12.2. The molecular formula is C13H14N4O3. The van der Waals surface area contributed by atoms with Crippen LogP contribution in [0.1, 0.15) is 34.5 Å². The molecule has 0 spiro atoms. The summed E-state index contributed by atoms with van der Waals surface area (Å²) in [5.41, 5.74) is 2.68. The Morgan fingerprint density at radius 3 is 2.60 bits per heavy atom. The Balaban J connectivity index is 2.27. The molecule has 1 unspecified atom stereocenters. The number of carbonyl (C=O) groups excluding carboxylic acids is 1. The molecule has 0 amide bonds. The van der Waals surface area contributed by atoms with Crippen LogP contribution in [-0.2, 0) is 0 Å². The Hall–Kier alpha value is -2.57. The van der Waals surface area contributed by atoms with Crippen LogP contribution in [0, 0.1) is 24.0 Å². The third-order valence-electron chi connectivity index (χ3n) is 3.23. The van der Waals surface area contributed by atoms with Crippen molar-refractivity contribution in [1.29, 1.82) is 0 Å². The van der Waals surface area contributed by atoms with Crippen LogP contribution < -0.4 is 0 Å². The van der Waals surface area contributed by atoms with E-state index in [1.165, 1.54) is 11.0 Å². The van der Waals surface area contributed by atoms with Crippen molar-refractivity contribution in [1.82, 2.24) is 14.8 Å². The molecule has 7 heteroatoms. The molecule has 20 heavy (non-hydrogen) atoms. The van der Waals surface area contributed by atoms with Crippen LogP contribution in [0.4, 0.5) is 5.95 Å². The molecule has 0 aliphatic carbocycles. The largest absolute Gasteiger partial charge is 0.490 e. The highest BCUT2D eigenvalue weighted by atomic mass is 16.6. The first kappa shape index (κ1) is 13.9. The molecule has 2 rings (SSSR count). The van der Waals surface area contributed by atoms with Gasteiger partial charge in [-0.15, -0.1) is 0 Å². The van der Waals surface area contributed by atoms with Gasteiger partial charge in [0, 0.05) is 10.7 Å². The van der Waals surface area contributed by atoms with Crippen molar-refractivity contribution in [3.05, 3.63) is 51.3 Å². The highest BCUT2D eigenvalue weighted by Crippen LogP contribution is 2.17. The number of benzene rings is 1. The van der Waals surface area contributed by atoms with E-state index in [1.807, 2.05) is 19.9 Å². The van der Waals surface area contributed by atoms with Gasteiger partial charge in [0.2, 0.25) is 6.33 Å². The van der Waals surface area contributed by atoms with Crippen molar-refractivity contribution in [3.8, 4) is 0 Å². The molecule has 0 bridgehead atoms. The lowest BCUT2D eigenvalue weighted by molar-refractivity contribution is -0.394. The van der Waals surface area contributed by atoms with E-state index in [9.17, 15) is 14.9 Å². The Labute approximate surface area is 115 Å². The third kappa shape index (κ3) is 2.56. The van der Waals surface area contributed by atoms with Gasteiger partial charge in [-0.2, -0.15) is 4.68 Å². The first-order chi connectivity index (χ1) is 9.40. The van der Waals surface area contributed by atoms with Crippen LogP contribution in [0.15, 0.2) is 24.5 Å². The minimum absolute atomic E-state index is 0.159. The lowest BCUT2D eigenvalue weighted by Gasteiger charge is -2.09. The van der Waals surface area contributed by atoms with E-state index in [1.54, 1.807) is 19.1 Å². The van der Waals surface area contributed by atoms with Gasteiger partial charge in [0.15, 0.2) is 5.78 Å². The summed E-state index contributed by atoms with van der Waals surface area (Å²) in [6, 6.07) is 4.78. The van der Waals surface area contributed by atoms with Crippen LogP contribution in [0.5, 0.6) is 0 Å². The van der Waals surface area contributed by atoms with E-state index < -0.39 is 16.9 Å². The zero-order valence-electron chi connectivity index (χ0n) is 11.4. The SMILES string of the molecule is Cc1ccc(C(=O)C(C)n2cnc([N+](=O)[O-])n2)cc1C. The Morgan fingerprint density at radius 2 is 2.05 bits per heavy atom. The van der Waals surface area contributed by atoms with Crippen LogP contribution in [-0.4, -0.2) is 25.5 Å². The smallest absolute Gasteiger partial charge is 0.390 e. The molecule has 0 saturated heterocycles. The summed E-state index contributed by atoms with van der Waals surface area (Å²) in [5.74, 6) is -0.669. The summed E-state index contributed by atoms with van der Waals surface area (Å²) in [6.07, 6.45) is 1.20. The lowest BCUT2D eigenvalue weighted by Crippen LogP contribution is -2.17. The van der Waals surface area contributed by atoms with Gasteiger partial charge in [-0.1, -0.05) is 17.1 Å². The van der Waals surface area contributed by atoms with Crippen molar-refractivity contribution < 1.29 is 9.72 Å². The fourth-order valence-corrected chi connectivity index (χ4v) is 1.79. The predicted octanol–water partition coefficient (Wildman–Crippen LogP) is 2.25. The maximum absolute atomic E-state index is 12.3. The standard InChI is InChI=1S/C13H14N4O3/c1-8-4-5-11(6-9(8)2)12(18)10(3)16-7-14-13(15-16)17(19)20/h4-7,10H,1-3H3. The van der Waals surface area contributed by atoms with E-state index in [4.69, 9.17) is 0 Å². The van der Waals surface area contributed by atoms with Gasteiger partial charge in [-0.05, 0) is 42.9 Å². The van der Waals surface area contributed by atoms with E-state index in [-0.39, 0.29) is 5.78 Å². The van der Waals surface area contributed by atoms with E-state index in [0.29, 0.717) is 5.56 Å². The van der Waals surface area contributed by atoms with Crippen molar-refractivity contribution in [2.24, 2.45) is 0 Å². The van der Waals surface area contributed by atoms with E-state index in [2.05, 4.69) is 10.1 Å². The highest BCUT2D eigenvalue weighted by molar-refractivity contribution is 5.98. The highest BCUT2D eigenvalue weighted by Gasteiger charge is 2.23. The van der Waals surface area contributed by atoms with Gasteiger partial charge in [-0.3, -0.25) is 4.79 Å². The third-order valence-corrected chi connectivity index (χ3v) is 3.23. The topological polar surface area (TPSA) is 90.9 Å². The summed E-state index contributed by atoms with van der Waals surface area (Å²) in [5, 5.41) is 14.2. The summed E-state index contributed by atoms with van der Waals surface area (Å²) in [6.45, 7) is 5.53. The van der Waals surface area contributed by atoms with Crippen LogP contribution in [0.2, 0.25) is 0 Å². The molecule has 1 aromatic heterocycles. The van der Waals surface area contributed by atoms with E-state index in [0.717, 1.165) is 11.1 Å². The first-order valence-electron chi connectivity index (χ1n) is 6.07. The number of nitrogens with zero attached hydrogens (tertiary/aromatic N) is 4. The zero-order chi connectivity index (χ0) is 14.9. The molecule has 0 fully saturated rings. The van der Waals surface area contributed by atoms with E-state index >= 15 is 0 Å². The molecule has 0 saturated carbocycles. The number of hydrogen-bond donors (Lipinski definition) is 0. The van der Waals surface area contributed by atoms with Crippen molar-refractivity contribution in [2.45, 2.75) is 26.8 Å². The fourth-order valence-electron chi connectivity index (χ4n) is 1.79. The van der Waals surface area contributed by atoms with Gasteiger partial charge < -0.3 is 10.1 Å². The number of Topliss-reactive ketones (excluding diaryl/α,β-unsaturated/α-hetero) is 1.